The molecule has 0 aliphatic carbocycles. The molecule has 4 aromatic carbocycles. The maximum Gasteiger partial charge on any atom is 0.163 e. The first-order valence-corrected chi connectivity index (χ1v) is 13.5. The molecule has 0 spiro atoms. The molecule has 1 N–H and O–H groups in total. The number of aromatic hydroxyl groups is 1. The van der Waals surface area contributed by atoms with Crippen LogP contribution < -0.4 is 4.74 Å². The third kappa shape index (κ3) is 8.06. The molecule has 0 aliphatic rings. The lowest BCUT2D eigenvalue weighted by molar-refractivity contribution is 0.100. The first-order chi connectivity index (χ1) is 19.8. The van der Waals surface area contributed by atoms with E-state index in [1.807, 2.05) is 84.9 Å². The molecule has 0 fully saturated rings. The predicted molar refractivity (Wildman–Crippen MR) is 166 cm³/mol. The van der Waals surface area contributed by atoms with Crippen LogP contribution in [0.2, 0.25) is 0 Å². The van der Waals surface area contributed by atoms with Gasteiger partial charge in [-0.15, -0.1) is 0 Å². The van der Waals surface area contributed by atoms with Crippen LogP contribution in [-0.2, 0) is 0 Å². The van der Waals surface area contributed by atoms with Gasteiger partial charge in [-0.1, -0.05) is 82.7 Å². The van der Waals surface area contributed by atoms with Gasteiger partial charge in [-0.05, 0) is 56.3 Å². The molecular weight excluding hydrogens is 580 g/mol. The first-order valence-electron chi connectivity index (χ1n) is 12.7. The van der Waals surface area contributed by atoms with Crippen molar-refractivity contribution in [3.05, 3.63) is 137 Å². The van der Waals surface area contributed by atoms with E-state index in [1.54, 1.807) is 37.4 Å². The Labute approximate surface area is 246 Å². The van der Waals surface area contributed by atoms with E-state index in [2.05, 4.69) is 25.9 Å². The zero-order chi connectivity index (χ0) is 29.2. The lowest BCUT2D eigenvalue weighted by atomic mass is 10.1. The molecule has 0 amide bonds. The maximum atomic E-state index is 11.6. The summed E-state index contributed by atoms with van der Waals surface area (Å²) in [5, 5.41) is 11.0. The average Bonchev–Trinajstić information content (AvgIpc) is 2.98. The molecule has 6 nitrogen and oxygen atoms in total. The summed E-state index contributed by atoms with van der Waals surface area (Å²) in [6, 6.07) is 33.7. The first kappa shape index (κ1) is 29.1. The third-order valence-electron chi connectivity index (χ3n) is 5.89. The molecule has 6 aromatic rings. The molecule has 0 atom stereocenters. The third-order valence-corrected chi connectivity index (χ3v) is 6.58. The fourth-order valence-corrected chi connectivity index (χ4v) is 4.45. The van der Waals surface area contributed by atoms with Crippen molar-refractivity contribution in [1.29, 1.82) is 0 Å². The largest absolute Gasteiger partial charge is 0.506 e. The molecule has 0 aliphatic heterocycles. The Morgan fingerprint density at radius 1 is 0.659 bits per heavy atom. The number of benzene rings is 4. The SMILES string of the molecule is CC(=O)c1ccccc1Br.CC(=O)c1ccccc1Oc1cnc2ccccc2c1.Oc1cnc2ccccc2c1. The van der Waals surface area contributed by atoms with E-state index < -0.39 is 0 Å². The topological polar surface area (TPSA) is 89.4 Å². The number of hydrogen-bond acceptors (Lipinski definition) is 6. The number of carbonyl (C=O) groups excluding carboxylic acids is 2. The van der Waals surface area contributed by atoms with Crippen molar-refractivity contribution < 1.29 is 19.4 Å². The van der Waals surface area contributed by atoms with Crippen LogP contribution in [0.25, 0.3) is 21.8 Å². The minimum atomic E-state index is -0.0191. The number of carbonyl (C=O) groups is 2. The maximum absolute atomic E-state index is 11.6. The quantitative estimate of drug-likeness (QED) is 0.202. The Morgan fingerprint density at radius 3 is 1.78 bits per heavy atom. The van der Waals surface area contributed by atoms with E-state index in [9.17, 15) is 9.59 Å². The van der Waals surface area contributed by atoms with Crippen LogP contribution in [0.15, 0.2) is 126 Å². The number of halogens is 1. The number of nitrogens with zero attached hydrogens (tertiary/aromatic N) is 2. The van der Waals surface area contributed by atoms with Gasteiger partial charge in [0.2, 0.25) is 0 Å². The van der Waals surface area contributed by atoms with Crippen LogP contribution >= 0.6 is 15.9 Å². The highest BCUT2D eigenvalue weighted by atomic mass is 79.9. The number of ether oxygens (including phenoxy) is 1. The molecule has 204 valence electrons. The zero-order valence-electron chi connectivity index (χ0n) is 22.5. The molecule has 2 heterocycles. The number of para-hydroxylation sites is 3. The van der Waals surface area contributed by atoms with Crippen LogP contribution in [0, 0.1) is 0 Å². The fourth-order valence-electron chi connectivity index (χ4n) is 3.89. The summed E-state index contributed by atoms with van der Waals surface area (Å²) >= 11 is 3.28. The van der Waals surface area contributed by atoms with Gasteiger partial charge in [-0.25, -0.2) is 0 Å². The van der Waals surface area contributed by atoms with Crippen molar-refractivity contribution in [2.75, 3.05) is 0 Å². The van der Waals surface area contributed by atoms with Crippen LogP contribution in [0.3, 0.4) is 0 Å². The van der Waals surface area contributed by atoms with Crippen LogP contribution in [-0.4, -0.2) is 26.6 Å². The lowest BCUT2D eigenvalue weighted by Crippen LogP contribution is -1.96. The van der Waals surface area contributed by atoms with Crippen LogP contribution in [0.4, 0.5) is 0 Å². The molecule has 0 radical (unpaired) electrons. The standard InChI is InChI=1S/C17H13NO2.C9H7NO.C8H7BrO/c1-12(19)15-7-3-5-9-17(15)20-14-10-13-6-2-4-8-16(13)18-11-14;11-8-5-7-3-1-2-4-9(7)10-6-8;1-6(10)7-4-2-3-5-8(7)9/h2-11H,1H3;1-6,11H;2-5H,1H3. The Morgan fingerprint density at radius 2 is 1.17 bits per heavy atom. The van der Waals surface area contributed by atoms with Gasteiger partial charge in [0.05, 0.1) is 29.0 Å². The van der Waals surface area contributed by atoms with Gasteiger partial charge in [0.25, 0.3) is 0 Å². The van der Waals surface area contributed by atoms with Crippen molar-refractivity contribution in [2.24, 2.45) is 0 Å². The number of fused-ring (bicyclic) bond motifs is 2. The number of hydrogen-bond donors (Lipinski definition) is 1. The second-order valence-electron chi connectivity index (χ2n) is 8.94. The molecule has 41 heavy (non-hydrogen) atoms. The van der Waals surface area contributed by atoms with E-state index in [0.717, 1.165) is 31.8 Å². The van der Waals surface area contributed by atoms with Crippen molar-refractivity contribution in [3.63, 3.8) is 0 Å². The smallest absolute Gasteiger partial charge is 0.163 e. The Hall–Kier alpha value is -4.88. The monoisotopic (exact) mass is 606 g/mol. The molecule has 0 saturated heterocycles. The highest BCUT2D eigenvalue weighted by molar-refractivity contribution is 9.10. The van der Waals surface area contributed by atoms with E-state index in [4.69, 9.17) is 9.84 Å². The summed E-state index contributed by atoms with van der Waals surface area (Å²) in [6.45, 7) is 3.08. The minimum absolute atomic E-state index is 0.0191. The van der Waals surface area contributed by atoms with E-state index in [-0.39, 0.29) is 17.3 Å². The number of pyridine rings is 2. The summed E-state index contributed by atoms with van der Waals surface area (Å²) in [7, 11) is 0. The zero-order valence-corrected chi connectivity index (χ0v) is 24.1. The van der Waals surface area contributed by atoms with E-state index >= 15 is 0 Å². The van der Waals surface area contributed by atoms with E-state index in [0.29, 0.717) is 17.1 Å². The summed E-state index contributed by atoms with van der Waals surface area (Å²) in [6.07, 6.45) is 3.11. The summed E-state index contributed by atoms with van der Waals surface area (Å²) in [5.41, 5.74) is 3.13. The summed E-state index contributed by atoms with van der Waals surface area (Å²) in [4.78, 5) is 30.8. The van der Waals surface area contributed by atoms with Gasteiger partial charge >= 0.3 is 0 Å². The molecule has 7 heteroatoms. The lowest BCUT2D eigenvalue weighted by Gasteiger charge is -2.09. The van der Waals surface area contributed by atoms with Crippen molar-refractivity contribution in [2.45, 2.75) is 13.8 Å². The van der Waals surface area contributed by atoms with Gasteiger partial charge < -0.3 is 9.84 Å². The normalized spacial score (nSPS) is 10.1. The molecule has 2 aromatic heterocycles. The number of ketones is 2. The Kier molecular flexibility index (Phi) is 9.91. The molecule has 0 saturated carbocycles. The van der Waals surface area contributed by atoms with Gasteiger partial charge in [-0.2, -0.15) is 0 Å². The van der Waals surface area contributed by atoms with Gasteiger partial charge in [0.15, 0.2) is 11.6 Å². The average molecular weight is 608 g/mol. The number of Topliss-reactive ketones (excluding diaryl/α,β-unsaturated/α-hetero) is 2. The Bertz CT molecular complexity index is 1820. The molecular formula is C34H27BrN2O4. The van der Waals surface area contributed by atoms with E-state index in [1.165, 1.54) is 13.1 Å². The number of rotatable bonds is 4. The summed E-state index contributed by atoms with van der Waals surface area (Å²) < 4.78 is 6.66. The molecule has 0 unspecified atom stereocenters. The highest BCUT2D eigenvalue weighted by Crippen LogP contribution is 2.27. The molecule has 6 rings (SSSR count). The summed E-state index contributed by atoms with van der Waals surface area (Å²) in [5.74, 6) is 1.46. The van der Waals surface area contributed by atoms with Gasteiger partial charge in [0, 0.05) is 20.8 Å². The Balaban J connectivity index is 0.000000156. The second kappa shape index (κ2) is 14.0. The highest BCUT2D eigenvalue weighted by Gasteiger charge is 2.09. The molecule has 0 bridgehead atoms. The van der Waals surface area contributed by atoms with Crippen molar-refractivity contribution >= 4 is 49.3 Å². The van der Waals surface area contributed by atoms with Crippen LogP contribution in [0.1, 0.15) is 34.6 Å². The van der Waals surface area contributed by atoms with Gasteiger partial charge in [-0.3, -0.25) is 19.6 Å². The van der Waals surface area contributed by atoms with Crippen molar-refractivity contribution in [3.8, 4) is 17.2 Å². The second-order valence-corrected chi connectivity index (χ2v) is 9.79. The fraction of sp³-hybridized carbons (Fsp3) is 0.0588. The van der Waals surface area contributed by atoms with Crippen LogP contribution in [0.5, 0.6) is 17.2 Å². The minimum Gasteiger partial charge on any atom is -0.506 e. The number of aromatic nitrogens is 2. The van der Waals surface area contributed by atoms with Gasteiger partial charge in [0.1, 0.15) is 17.2 Å². The predicted octanol–water partition coefficient (Wildman–Crippen LogP) is 8.82. The van der Waals surface area contributed by atoms with Crippen molar-refractivity contribution in [1.82, 2.24) is 9.97 Å².